The molecule has 0 saturated heterocycles. The third-order valence-electron chi connectivity index (χ3n) is 1.32. The molecule has 0 fully saturated rings. The predicted molar refractivity (Wildman–Crippen MR) is 48.0 cm³/mol. The fraction of sp³-hybridized carbons (Fsp3) is 0.500. The van der Waals surface area contributed by atoms with Crippen LogP contribution in [0.3, 0.4) is 0 Å². The van der Waals surface area contributed by atoms with Crippen molar-refractivity contribution in [1.29, 1.82) is 5.26 Å². The van der Waals surface area contributed by atoms with Crippen LogP contribution >= 0.6 is 0 Å². The van der Waals surface area contributed by atoms with Crippen LogP contribution in [-0.2, 0) is 0 Å². The lowest BCUT2D eigenvalue weighted by Gasteiger charge is -1.87. The average Bonchev–Trinajstić information content (AvgIpc) is 2.05. The Morgan fingerprint density at radius 1 is 1.45 bits per heavy atom. The van der Waals surface area contributed by atoms with Gasteiger partial charge in [0.2, 0.25) is 0 Å². The summed E-state index contributed by atoms with van der Waals surface area (Å²) in [5.74, 6) is 0. The van der Waals surface area contributed by atoms with Gasteiger partial charge in [-0.05, 0) is 18.9 Å². The number of hydrogen-bond donors (Lipinski definition) is 0. The Morgan fingerprint density at radius 3 is 2.64 bits per heavy atom. The minimum absolute atomic E-state index is 0.786. The van der Waals surface area contributed by atoms with Crippen molar-refractivity contribution in [2.45, 2.75) is 33.1 Å². The second kappa shape index (κ2) is 7.08. The zero-order valence-electron chi connectivity index (χ0n) is 7.30. The lowest BCUT2D eigenvalue weighted by molar-refractivity contribution is 0.955. The number of unbranched alkanes of at least 4 members (excludes halogenated alkanes) is 1. The first-order valence-electron chi connectivity index (χ1n) is 4.12. The van der Waals surface area contributed by atoms with Gasteiger partial charge in [-0.15, -0.1) is 0 Å². The van der Waals surface area contributed by atoms with Gasteiger partial charge < -0.3 is 0 Å². The van der Waals surface area contributed by atoms with Crippen molar-refractivity contribution in [3.05, 3.63) is 23.8 Å². The van der Waals surface area contributed by atoms with E-state index in [2.05, 4.69) is 19.9 Å². The number of allylic oxidation sites excluding steroid dienone is 4. The maximum Gasteiger partial charge on any atom is 0.0988 e. The fourth-order valence-corrected chi connectivity index (χ4v) is 0.696. The summed E-state index contributed by atoms with van der Waals surface area (Å²) < 4.78 is 0. The molecule has 0 atom stereocenters. The van der Waals surface area contributed by atoms with E-state index in [9.17, 15) is 0 Å². The number of nitriles is 1. The van der Waals surface area contributed by atoms with Crippen LogP contribution in [0.15, 0.2) is 23.8 Å². The van der Waals surface area contributed by atoms with Crippen molar-refractivity contribution in [3.63, 3.8) is 0 Å². The van der Waals surface area contributed by atoms with Crippen LogP contribution in [0.1, 0.15) is 33.1 Å². The van der Waals surface area contributed by atoms with Gasteiger partial charge in [0.05, 0.1) is 6.07 Å². The predicted octanol–water partition coefficient (Wildman–Crippen LogP) is 3.20. The molecule has 0 aliphatic rings. The van der Waals surface area contributed by atoms with E-state index in [0.29, 0.717) is 0 Å². The van der Waals surface area contributed by atoms with Crippen molar-refractivity contribution in [3.8, 4) is 6.07 Å². The first kappa shape index (κ1) is 9.97. The zero-order valence-corrected chi connectivity index (χ0v) is 7.30. The van der Waals surface area contributed by atoms with Crippen molar-refractivity contribution >= 4 is 0 Å². The van der Waals surface area contributed by atoms with Gasteiger partial charge in [-0.25, -0.2) is 0 Å². The highest BCUT2D eigenvalue weighted by molar-refractivity contribution is 5.32. The molecule has 1 nitrogen and oxygen atoms in total. The maximum atomic E-state index is 8.61. The van der Waals surface area contributed by atoms with Crippen LogP contribution in [0, 0.1) is 11.3 Å². The van der Waals surface area contributed by atoms with Crippen molar-refractivity contribution < 1.29 is 0 Å². The molecule has 0 aromatic carbocycles. The van der Waals surface area contributed by atoms with E-state index < -0.39 is 0 Å². The van der Waals surface area contributed by atoms with Crippen LogP contribution in [0.4, 0.5) is 0 Å². The molecule has 0 aromatic rings. The van der Waals surface area contributed by atoms with E-state index in [0.717, 1.165) is 24.8 Å². The van der Waals surface area contributed by atoms with E-state index in [-0.39, 0.29) is 0 Å². The first-order chi connectivity index (χ1) is 5.35. The Bertz CT molecular complexity index is 182. The van der Waals surface area contributed by atoms with Gasteiger partial charge >= 0.3 is 0 Å². The Hall–Kier alpha value is -1.03. The van der Waals surface area contributed by atoms with Crippen molar-refractivity contribution in [2.24, 2.45) is 0 Å². The third-order valence-corrected chi connectivity index (χ3v) is 1.32. The highest BCUT2D eigenvalue weighted by Crippen LogP contribution is 2.00. The molecule has 0 radical (unpaired) electrons. The van der Waals surface area contributed by atoms with Gasteiger partial charge in [0.1, 0.15) is 0 Å². The maximum absolute atomic E-state index is 8.61. The minimum Gasteiger partial charge on any atom is -0.192 e. The standard InChI is InChI=1S/C10H15N/c1-3-5-7-10(9-11)8-6-4-2/h5,7-8H,3-4,6H2,1-2H3/b7-5-,10-8?. The topological polar surface area (TPSA) is 23.8 Å². The van der Waals surface area contributed by atoms with E-state index in [1.54, 1.807) is 0 Å². The summed E-state index contributed by atoms with van der Waals surface area (Å²) in [4.78, 5) is 0. The largest absolute Gasteiger partial charge is 0.192 e. The summed E-state index contributed by atoms with van der Waals surface area (Å²) in [6, 6.07) is 2.15. The lowest BCUT2D eigenvalue weighted by Crippen LogP contribution is -1.72. The fourth-order valence-electron chi connectivity index (χ4n) is 0.696. The molecule has 0 spiro atoms. The molecule has 0 amide bonds. The Labute approximate surface area is 69.0 Å². The molecular formula is C10H15N. The van der Waals surface area contributed by atoms with E-state index in [1.165, 1.54) is 0 Å². The second-order valence-electron chi connectivity index (χ2n) is 2.37. The first-order valence-corrected chi connectivity index (χ1v) is 4.12. The molecule has 0 rings (SSSR count). The van der Waals surface area contributed by atoms with Crippen LogP contribution in [0.5, 0.6) is 0 Å². The molecule has 0 aliphatic carbocycles. The van der Waals surface area contributed by atoms with E-state index >= 15 is 0 Å². The average molecular weight is 149 g/mol. The Balaban J connectivity index is 3.96. The van der Waals surface area contributed by atoms with Gasteiger partial charge in [-0.3, -0.25) is 0 Å². The molecule has 0 unspecified atom stereocenters. The van der Waals surface area contributed by atoms with Crippen LogP contribution in [-0.4, -0.2) is 0 Å². The molecule has 0 saturated carbocycles. The molecule has 11 heavy (non-hydrogen) atoms. The summed E-state index contributed by atoms with van der Waals surface area (Å²) in [7, 11) is 0. The molecule has 0 aliphatic heterocycles. The van der Waals surface area contributed by atoms with Crippen LogP contribution < -0.4 is 0 Å². The molecule has 0 bridgehead atoms. The minimum atomic E-state index is 0.786. The monoisotopic (exact) mass is 149 g/mol. The number of nitrogens with zero attached hydrogens (tertiary/aromatic N) is 1. The highest BCUT2D eigenvalue weighted by Gasteiger charge is 1.85. The third kappa shape index (κ3) is 5.42. The molecule has 60 valence electrons. The summed E-state index contributed by atoms with van der Waals surface area (Å²) in [5.41, 5.74) is 0.786. The summed E-state index contributed by atoms with van der Waals surface area (Å²) in [5, 5.41) is 8.61. The van der Waals surface area contributed by atoms with Gasteiger partial charge in [-0.1, -0.05) is 32.4 Å². The Morgan fingerprint density at radius 2 is 2.18 bits per heavy atom. The zero-order chi connectivity index (χ0) is 8.53. The lowest BCUT2D eigenvalue weighted by atomic mass is 10.2. The number of rotatable bonds is 4. The molecule has 0 aromatic heterocycles. The van der Waals surface area contributed by atoms with Gasteiger partial charge in [-0.2, -0.15) is 5.26 Å². The highest BCUT2D eigenvalue weighted by atomic mass is 14.2. The van der Waals surface area contributed by atoms with Gasteiger partial charge in [0.15, 0.2) is 0 Å². The quantitative estimate of drug-likeness (QED) is 0.445. The number of hydrogen-bond acceptors (Lipinski definition) is 1. The normalized spacial score (nSPS) is 11.9. The van der Waals surface area contributed by atoms with Crippen molar-refractivity contribution in [2.75, 3.05) is 0 Å². The SMILES string of the molecule is CC/C=C\C(C#N)=CCCC. The molecular weight excluding hydrogens is 134 g/mol. The summed E-state index contributed by atoms with van der Waals surface area (Å²) in [6.07, 6.45) is 8.96. The van der Waals surface area contributed by atoms with E-state index in [1.807, 2.05) is 18.2 Å². The summed E-state index contributed by atoms with van der Waals surface area (Å²) in [6.45, 7) is 4.17. The van der Waals surface area contributed by atoms with Gasteiger partial charge in [0, 0.05) is 5.57 Å². The molecule has 1 heteroatoms. The van der Waals surface area contributed by atoms with Crippen LogP contribution in [0.2, 0.25) is 0 Å². The molecule has 0 heterocycles. The summed E-state index contributed by atoms with van der Waals surface area (Å²) >= 11 is 0. The molecule has 0 N–H and O–H groups in total. The Kier molecular flexibility index (Phi) is 6.42. The smallest absolute Gasteiger partial charge is 0.0988 e. The van der Waals surface area contributed by atoms with Crippen molar-refractivity contribution in [1.82, 2.24) is 0 Å². The van der Waals surface area contributed by atoms with Crippen LogP contribution in [0.25, 0.3) is 0 Å². The second-order valence-corrected chi connectivity index (χ2v) is 2.37. The van der Waals surface area contributed by atoms with E-state index in [4.69, 9.17) is 5.26 Å². The van der Waals surface area contributed by atoms with Gasteiger partial charge in [0.25, 0.3) is 0 Å².